The summed E-state index contributed by atoms with van der Waals surface area (Å²) in [5, 5.41) is 16.1. The van der Waals surface area contributed by atoms with Gasteiger partial charge in [-0.1, -0.05) is 18.5 Å². The fraction of sp³-hybridized carbons (Fsp3) is 0.500. The average molecular weight is 349 g/mol. The zero-order chi connectivity index (χ0) is 17.1. The maximum atomic E-state index is 12.6. The standard InChI is InChI=1S/C16H21ClN6O/c1-2-14(16(24)19-13(9-18)10-3-4-10)23-21-15(20-22-23)11-5-7-12(17)8-6-11/h5-8,10,13-14H,2-4,9,18H2,1H3,(H,19,24). The minimum absolute atomic E-state index is 0.0332. The number of carbonyl (C=O) groups is 1. The maximum Gasteiger partial charge on any atom is 0.247 e. The Morgan fingerprint density at radius 2 is 2.12 bits per heavy atom. The van der Waals surface area contributed by atoms with Gasteiger partial charge in [0.1, 0.15) is 0 Å². The van der Waals surface area contributed by atoms with Crippen molar-refractivity contribution in [2.75, 3.05) is 6.54 Å². The molecule has 8 heteroatoms. The van der Waals surface area contributed by atoms with Crippen molar-refractivity contribution < 1.29 is 4.79 Å². The van der Waals surface area contributed by atoms with Crippen LogP contribution in [0.2, 0.25) is 5.02 Å². The first-order valence-electron chi connectivity index (χ1n) is 8.18. The molecule has 1 aliphatic rings. The molecule has 3 rings (SSSR count). The number of amides is 1. The molecule has 1 saturated carbocycles. The third kappa shape index (κ3) is 3.73. The summed E-state index contributed by atoms with van der Waals surface area (Å²) in [6.45, 7) is 2.37. The Balaban J connectivity index is 1.73. The van der Waals surface area contributed by atoms with Crippen LogP contribution in [-0.4, -0.2) is 38.7 Å². The van der Waals surface area contributed by atoms with Crippen LogP contribution in [-0.2, 0) is 4.79 Å². The summed E-state index contributed by atoms with van der Waals surface area (Å²) < 4.78 is 0. The fourth-order valence-corrected chi connectivity index (χ4v) is 2.80. The van der Waals surface area contributed by atoms with E-state index in [1.54, 1.807) is 12.1 Å². The molecule has 1 aliphatic carbocycles. The zero-order valence-corrected chi connectivity index (χ0v) is 14.3. The van der Waals surface area contributed by atoms with Gasteiger partial charge in [-0.05, 0) is 54.7 Å². The number of nitrogens with zero attached hydrogens (tertiary/aromatic N) is 4. The van der Waals surface area contributed by atoms with Crippen molar-refractivity contribution in [1.82, 2.24) is 25.5 Å². The Morgan fingerprint density at radius 3 is 2.71 bits per heavy atom. The number of nitrogens with two attached hydrogens (primary N) is 1. The minimum atomic E-state index is -0.494. The Morgan fingerprint density at radius 1 is 1.42 bits per heavy atom. The lowest BCUT2D eigenvalue weighted by Gasteiger charge is -2.20. The highest BCUT2D eigenvalue weighted by molar-refractivity contribution is 6.30. The Kier molecular flexibility index (Phi) is 5.11. The van der Waals surface area contributed by atoms with E-state index >= 15 is 0 Å². The van der Waals surface area contributed by atoms with E-state index < -0.39 is 6.04 Å². The van der Waals surface area contributed by atoms with Crippen molar-refractivity contribution in [3.63, 3.8) is 0 Å². The number of nitrogens with one attached hydrogen (secondary N) is 1. The van der Waals surface area contributed by atoms with Gasteiger partial charge < -0.3 is 11.1 Å². The van der Waals surface area contributed by atoms with Gasteiger partial charge in [0.2, 0.25) is 11.7 Å². The number of carbonyl (C=O) groups excluding carboxylic acids is 1. The highest BCUT2D eigenvalue weighted by atomic mass is 35.5. The lowest BCUT2D eigenvalue weighted by Crippen LogP contribution is -2.45. The van der Waals surface area contributed by atoms with Crippen molar-refractivity contribution >= 4 is 17.5 Å². The largest absolute Gasteiger partial charge is 0.350 e. The molecule has 0 spiro atoms. The molecule has 2 aromatic rings. The number of hydrogen-bond acceptors (Lipinski definition) is 5. The molecule has 128 valence electrons. The summed E-state index contributed by atoms with van der Waals surface area (Å²) in [6, 6.07) is 6.72. The molecular weight excluding hydrogens is 328 g/mol. The Labute approximate surface area is 145 Å². The number of tetrazole rings is 1. The van der Waals surface area contributed by atoms with Gasteiger partial charge in [0.05, 0.1) is 0 Å². The maximum absolute atomic E-state index is 12.6. The topological polar surface area (TPSA) is 98.7 Å². The molecule has 0 bridgehead atoms. The zero-order valence-electron chi connectivity index (χ0n) is 13.5. The molecule has 1 aromatic carbocycles. The lowest BCUT2D eigenvalue weighted by molar-refractivity contribution is -0.125. The van der Waals surface area contributed by atoms with Gasteiger partial charge in [-0.3, -0.25) is 4.79 Å². The number of aromatic nitrogens is 4. The van der Waals surface area contributed by atoms with Crippen LogP contribution in [0.3, 0.4) is 0 Å². The third-order valence-corrected chi connectivity index (χ3v) is 4.52. The van der Waals surface area contributed by atoms with Gasteiger partial charge in [0.15, 0.2) is 6.04 Å². The van der Waals surface area contributed by atoms with E-state index in [1.165, 1.54) is 4.80 Å². The molecule has 2 atom stereocenters. The van der Waals surface area contributed by atoms with Crippen LogP contribution in [0, 0.1) is 5.92 Å². The molecule has 1 heterocycles. The average Bonchev–Trinajstić information content (AvgIpc) is 3.32. The van der Waals surface area contributed by atoms with E-state index in [4.69, 9.17) is 17.3 Å². The number of rotatable bonds is 7. The number of benzene rings is 1. The van der Waals surface area contributed by atoms with Crippen LogP contribution in [0.4, 0.5) is 0 Å². The van der Waals surface area contributed by atoms with Crippen molar-refractivity contribution in [2.45, 2.75) is 38.3 Å². The highest BCUT2D eigenvalue weighted by Crippen LogP contribution is 2.32. The van der Waals surface area contributed by atoms with E-state index in [0.717, 1.165) is 18.4 Å². The first kappa shape index (κ1) is 16.9. The summed E-state index contributed by atoms with van der Waals surface area (Å²) in [4.78, 5) is 13.9. The lowest BCUT2D eigenvalue weighted by atomic mass is 10.1. The van der Waals surface area contributed by atoms with Crippen molar-refractivity contribution in [1.29, 1.82) is 0 Å². The fourth-order valence-electron chi connectivity index (χ4n) is 2.67. The van der Waals surface area contributed by atoms with E-state index in [0.29, 0.717) is 29.7 Å². The van der Waals surface area contributed by atoms with Crippen molar-refractivity contribution in [2.24, 2.45) is 11.7 Å². The Bertz CT molecular complexity index is 697. The van der Waals surface area contributed by atoms with Crippen LogP contribution in [0.15, 0.2) is 24.3 Å². The second-order valence-corrected chi connectivity index (χ2v) is 6.49. The molecule has 2 unspecified atom stereocenters. The van der Waals surface area contributed by atoms with E-state index in [9.17, 15) is 4.79 Å². The molecule has 0 radical (unpaired) electrons. The number of hydrogen-bond donors (Lipinski definition) is 2. The van der Waals surface area contributed by atoms with Crippen LogP contribution in [0.25, 0.3) is 11.4 Å². The first-order valence-corrected chi connectivity index (χ1v) is 8.56. The third-order valence-electron chi connectivity index (χ3n) is 4.27. The minimum Gasteiger partial charge on any atom is -0.350 e. The summed E-state index contributed by atoms with van der Waals surface area (Å²) in [7, 11) is 0. The van der Waals surface area contributed by atoms with Crippen LogP contribution in [0.5, 0.6) is 0 Å². The van der Waals surface area contributed by atoms with Gasteiger partial charge in [0, 0.05) is 23.2 Å². The molecule has 24 heavy (non-hydrogen) atoms. The molecule has 1 fully saturated rings. The van der Waals surface area contributed by atoms with Gasteiger partial charge in [-0.15, -0.1) is 10.2 Å². The SMILES string of the molecule is CCC(C(=O)NC(CN)C1CC1)n1nnc(-c2ccc(Cl)cc2)n1. The van der Waals surface area contributed by atoms with Gasteiger partial charge in [-0.2, -0.15) is 4.80 Å². The van der Waals surface area contributed by atoms with Gasteiger partial charge >= 0.3 is 0 Å². The normalized spacial score (nSPS) is 16.6. The van der Waals surface area contributed by atoms with Crippen molar-refractivity contribution in [3.05, 3.63) is 29.3 Å². The summed E-state index contributed by atoms with van der Waals surface area (Å²) in [5.41, 5.74) is 6.56. The molecule has 1 amide bonds. The molecule has 7 nitrogen and oxygen atoms in total. The van der Waals surface area contributed by atoms with Gasteiger partial charge in [-0.25, -0.2) is 0 Å². The van der Waals surface area contributed by atoms with E-state index in [2.05, 4.69) is 20.7 Å². The Hall–Kier alpha value is -1.99. The predicted molar refractivity (Wildman–Crippen MR) is 91.3 cm³/mol. The second-order valence-electron chi connectivity index (χ2n) is 6.05. The quantitative estimate of drug-likeness (QED) is 0.794. The summed E-state index contributed by atoms with van der Waals surface area (Å²) in [6.07, 6.45) is 2.83. The van der Waals surface area contributed by atoms with Crippen LogP contribution >= 0.6 is 11.6 Å². The molecule has 3 N–H and O–H groups in total. The highest BCUT2D eigenvalue weighted by Gasteiger charge is 2.33. The van der Waals surface area contributed by atoms with Gasteiger partial charge in [0.25, 0.3) is 0 Å². The van der Waals surface area contributed by atoms with E-state index in [-0.39, 0.29) is 11.9 Å². The molecule has 0 saturated heterocycles. The monoisotopic (exact) mass is 348 g/mol. The van der Waals surface area contributed by atoms with Crippen LogP contribution in [0.1, 0.15) is 32.2 Å². The molecular formula is C16H21ClN6O. The summed E-state index contributed by atoms with van der Waals surface area (Å²) >= 11 is 5.89. The summed E-state index contributed by atoms with van der Waals surface area (Å²) in [5.74, 6) is 0.861. The van der Waals surface area contributed by atoms with Crippen molar-refractivity contribution in [3.8, 4) is 11.4 Å². The second kappa shape index (κ2) is 7.27. The molecule has 1 aromatic heterocycles. The predicted octanol–water partition coefficient (Wildman–Crippen LogP) is 1.80. The number of halogens is 1. The first-order chi connectivity index (χ1) is 11.6. The van der Waals surface area contributed by atoms with E-state index in [1.807, 2.05) is 19.1 Å². The smallest absolute Gasteiger partial charge is 0.247 e. The molecule has 0 aliphatic heterocycles. The van der Waals surface area contributed by atoms with Crippen LogP contribution < -0.4 is 11.1 Å².